The number of hydrogen-bond acceptors (Lipinski definition) is 3. The van der Waals surface area contributed by atoms with E-state index >= 15 is 0 Å². The van der Waals surface area contributed by atoms with E-state index in [1.165, 1.54) is 0 Å². The summed E-state index contributed by atoms with van der Waals surface area (Å²) in [6.07, 6.45) is 0. The third-order valence-electron chi connectivity index (χ3n) is 4.04. The Morgan fingerprint density at radius 3 is 2.79 bits per heavy atom. The van der Waals surface area contributed by atoms with Gasteiger partial charge in [0.25, 0.3) is 0 Å². The second-order valence-corrected chi connectivity index (χ2v) is 5.79. The molecule has 0 unspecified atom stereocenters. The molecule has 24 heavy (non-hydrogen) atoms. The van der Waals surface area contributed by atoms with Crippen LogP contribution in [-0.2, 0) is 13.1 Å². The van der Waals surface area contributed by atoms with Crippen LogP contribution >= 0.6 is 0 Å². The highest BCUT2D eigenvalue weighted by Crippen LogP contribution is 2.24. The summed E-state index contributed by atoms with van der Waals surface area (Å²) >= 11 is 0. The molecule has 1 heterocycles. The van der Waals surface area contributed by atoms with Crippen molar-refractivity contribution in [3.05, 3.63) is 64.8 Å². The average Bonchev–Trinajstić information content (AvgIpc) is 2.93. The molecule has 3 N–H and O–H groups in total. The summed E-state index contributed by atoms with van der Waals surface area (Å²) in [6.45, 7) is 3.10. The van der Waals surface area contributed by atoms with E-state index in [4.69, 9.17) is 4.74 Å². The lowest BCUT2D eigenvalue weighted by Gasteiger charge is -2.07. The van der Waals surface area contributed by atoms with Gasteiger partial charge in [-0.1, -0.05) is 24.3 Å². The highest BCUT2D eigenvalue weighted by atomic mass is 16.5. The molecule has 0 aliphatic heterocycles. The third-order valence-corrected chi connectivity index (χ3v) is 4.04. The summed E-state index contributed by atoms with van der Waals surface area (Å²) in [7, 11) is 1.64. The quantitative estimate of drug-likeness (QED) is 0.649. The van der Waals surface area contributed by atoms with Crippen LogP contribution in [0.5, 0.6) is 5.75 Å². The molecule has 0 spiro atoms. The number of carboxylic acid groups (broad SMARTS) is 1. The van der Waals surface area contributed by atoms with E-state index < -0.39 is 5.97 Å². The Bertz CT molecular complexity index is 883. The predicted molar refractivity (Wildman–Crippen MR) is 93.5 cm³/mol. The Hall–Kier alpha value is -2.79. The Balaban J connectivity index is 1.81. The van der Waals surface area contributed by atoms with Gasteiger partial charge in [-0.2, -0.15) is 0 Å². The van der Waals surface area contributed by atoms with Gasteiger partial charge in [0.05, 0.1) is 7.11 Å². The second kappa shape index (κ2) is 6.76. The van der Waals surface area contributed by atoms with Crippen LogP contribution in [0.1, 0.15) is 27.2 Å². The molecule has 0 amide bonds. The Morgan fingerprint density at radius 1 is 1.21 bits per heavy atom. The SMILES string of the molecule is COc1cccc(CNCc2c(C(=O)O)[nH]c3cc(C)ccc23)c1. The predicted octanol–water partition coefficient (Wildman–Crippen LogP) is 3.47. The summed E-state index contributed by atoms with van der Waals surface area (Å²) in [4.78, 5) is 14.5. The van der Waals surface area contributed by atoms with Gasteiger partial charge in [-0.15, -0.1) is 0 Å². The molecule has 0 aliphatic carbocycles. The fourth-order valence-electron chi connectivity index (χ4n) is 2.85. The number of aromatic nitrogens is 1. The lowest BCUT2D eigenvalue weighted by atomic mass is 10.1. The van der Waals surface area contributed by atoms with E-state index in [1.807, 2.05) is 49.4 Å². The summed E-state index contributed by atoms with van der Waals surface area (Å²) in [5, 5.41) is 13.7. The number of aryl methyl sites for hydroxylation is 1. The molecule has 3 aromatic rings. The Morgan fingerprint density at radius 2 is 2.04 bits per heavy atom. The molecule has 5 heteroatoms. The number of hydrogen-bond donors (Lipinski definition) is 3. The number of nitrogens with one attached hydrogen (secondary N) is 2. The summed E-state index contributed by atoms with van der Waals surface area (Å²) in [6, 6.07) is 13.7. The largest absolute Gasteiger partial charge is 0.497 e. The van der Waals surface area contributed by atoms with Crippen molar-refractivity contribution < 1.29 is 14.6 Å². The van der Waals surface area contributed by atoms with E-state index in [0.717, 1.165) is 33.3 Å². The number of aromatic carboxylic acids is 1. The molecule has 0 atom stereocenters. The van der Waals surface area contributed by atoms with Gasteiger partial charge in [-0.3, -0.25) is 0 Å². The molecular weight excluding hydrogens is 304 g/mol. The molecule has 0 saturated heterocycles. The van der Waals surface area contributed by atoms with Crippen LogP contribution in [0, 0.1) is 6.92 Å². The van der Waals surface area contributed by atoms with Crippen molar-refractivity contribution >= 4 is 16.9 Å². The van der Waals surface area contributed by atoms with Gasteiger partial charge in [0, 0.05) is 29.6 Å². The van der Waals surface area contributed by atoms with Crippen LogP contribution in [0.4, 0.5) is 0 Å². The first kappa shape index (κ1) is 16.1. The molecule has 0 saturated carbocycles. The number of methoxy groups -OCH3 is 1. The highest BCUT2D eigenvalue weighted by molar-refractivity contribution is 5.97. The molecule has 3 rings (SSSR count). The number of H-pyrrole nitrogens is 1. The summed E-state index contributed by atoms with van der Waals surface area (Å²) < 4.78 is 5.22. The summed E-state index contributed by atoms with van der Waals surface area (Å²) in [5.74, 6) is -0.134. The first-order chi connectivity index (χ1) is 11.6. The molecule has 5 nitrogen and oxygen atoms in total. The zero-order valence-electron chi connectivity index (χ0n) is 13.7. The number of rotatable bonds is 6. The van der Waals surface area contributed by atoms with Crippen LogP contribution in [-0.4, -0.2) is 23.2 Å². The van der Waals surface area contributed by atoms with Crippen molar-refractivity contribution in [1.29, 1.82) is 0 Å². The monoisotopic (exact) mass is 324 g/mol. The minimum absolute atomic E-state index is 0.244. The van der Waals surface area contributed by atoms with Crippen LogP contribution < -0.4 is 10.1 Å². The van der Waals surface area contributed by atoms with Crippen molar-refractivity contribution in [1.82, 2.24) is 10.3 Å². The van der Waals surface area contributed by atoms with Gasteiger partial charge in [0.2, 0.25) is 0 Å². The molecule has 0 bridgehead atoms. The molecule has 1 aromatic heterocycles. The molecule has 2 aromatic carbocycles. The number of ether oxygens (including phenoxy) is 1. The van der Waals surface area contributed by atoms with Gasteiger partial charge < -0.3 is 20.1 Å². The van der Waals surface area contributed by atoms with E-state index in [2.05, 4.69) is 10.3 Å². The Labute approximate surface area is 140 Å². The lowest BCUT2D eigenvalue weighted by molar-refractivity contribution is 0.0690. The van der Waals surface area contributed by atoms with E-state index in [9.17, 15) is 9.90 Å². The fraction of sp³-hybridized carbons (Fsp3) is 0.211. The van der Waals surface area contributed by atoms with Crippen LogP contribution in [0.2, 0.25) is 0 Å². The topological polar surface area (TPSA) is 74.3 Å². The third kappa shape index (κ3) is 3.26. The van der Waals surface area contributed by atoms with Crippen LogP contribution in [0.15, 0.2) is 42.5 Å². The van der Waals surface area contributed by atoms with Gasteiger partial charge in [-0.05, 0) is 36.2 Å². The standard InChI is InChI=1S/C19H20N2O3/c1-12-6-7-15-16(18(19(22)23)21-17(15)8-12)11-20-10-13-4-3-5-14(9-13)24-2/h3-9,20-21H,10-11H2,1-2H3,(H,22,23). The van der Waals surface area contributed by atoms with E-state index in [1.54, 1.807) is 7.11 Å². The normalized spacial score (nSPS) is 10.9. The van der Waals surface area contributed by atoms with Crippen molar-refractivity contribution in [3.63, 3.8) is 0 Å². The van der Waals surface area contributed by atoms with E-state index in [-0.39, 0.29) is 5.69 Å². The number of carbonyl (C=O) groups is 1. The number of carboxylic acids is 1. The van der Waals surface area contributed by atoms with Crippen LogP contribution in [0.25, 0.3) is 10.9 Å². The van der Waals surface area contributed by atoms with Gasteiger partial charge in [-0.25, -0.2) is 4.79 Å². The van der Waals surface area contributed by atoms with Crippen molar-refractivity contribution in [3.8, 4) is 5.75 Å². The molecule has 0 radical (unpaired) electrons. The maximum atomic E-state index is 11.5. The van der Waals surface area contributed by atoms with Gasteiger partial charge in [0.1, 0.15) is 11.4 Å². The minimum atomic E-state index is -0.943. The van der Waals surface area contributed by atoms with Crippen molar-refractivity contribution in [2.75, 3.05) is 7.11 Å². The zero-order valence-corrected chi connectivity index (χ0v) is 13.7. The minimum Gasteiger partial charge on any atom is -0.497 e. The Kier molecular flexibility index (Phi) is 4.53. The molecule has 0 aliphatic rings. The second-order valence-electron chi connectivity index (χ2n) is 5.79. The smallest absolute Gasteiger partial charge is 0.352 e. The average molecular weight is 324 g/mol. The van der Waals surface area contributed by atoms with Gasteiger partial charge >= 0.3 is 5.97 Å². The number of aromatic amines is 1. The van der Waals surface area contributed by atoms with Crippen LogP contribution in [0.3, 0.4) is 0 Å². The highest BCUT2D eigenvalue weighted by Gasteiger charge is 2.16. The van der Waals surface area contributed by atoms with Crippen molar-refractivity contribution in [2.24, 2.45) is 0 Å². The number of fused-ring (bicyclic) bond motifs is 1. The molecule has 124 valence electrons. The fourth-order valence-corrected chi connectivity index (χ4v) is 2.85. The molecule has 0 fully saturated rings. The summed E-state index contributed by atoms with van der Waals surface area (Å²) in [5.41, 5.74) is 4.05. The first-order valence-corrected chi connectivity index (χ1v) is 7.76. The zero-order chi connectivity index (χ0) is 17.1. The van der Waals surface area contributed by atoms with Gasteiger partial charge in [0.15, 0.2) is 0 Å². The first-order valence-electron chi connectivity index (χ1n) is 7.76. The maximum absolute atomic E-state index is 11.5. The van der Waals surface area contributed by atoms with Crippen molar-refractivity contribution in [2.45, 2.75) is 20.0 Å². The molecular formula is C19H20N2O3. The number of benzene rings is 2. The lowest BCUT2D eigenvalue weighted by Crippen LogP contribution is -2.15. The van der Waals surface area contributed by atoms with E-state index in [0.29, 0.717) is 13.1 Å². The maximum Gasteiger partial charge on any atom is 0.352 e.